The summed E-state index contributed by atoms with van der Waals surface area (Å²) in [5, 5.41) is 2.85. The second kappa shape index (κ2) is 6.68. The third kappa shape index (κ3) is 2.98. The molecule has 2 heteroatoms. The second-order valence-electron chi connectivity index (χ2n) is 4.34. The van der Waals surface area contributed by atoms with E-state index in [-0.39, 0.29) is 7.92 Å². The topological polar surface area (TPSA) is 26.0 Å². The van der Waals surface area contributed by atoms with Crippen LogP contribution in [0.3, 0.4) is 0 Å². The van der Waals surface area contributed by atoms with Crippen LogP contribution in [0.1, 0.15) is 13.3 Å². The molecule has 2 aromatic carbocycles. The summed E-state index contributed by atoms with van der Waals surface area (Å²) >= 11 is 0. The fourth-order valence-corrected chi connectivity index (χ4v) is 4.91. The molecule has 0 amide bonds. The van der Waals surface area contributed by atoms with Gasteiger partial charge < -0.3 is 5.73 Å². The fraction of sp³-hybridized carbons (Fsp3) is 0.250. The van der Waals surface area contributed by atoms with Gasteiger partial charge in [0, 0.05) is 0 Å². The number of hydrogen-bond acceptors (Lipinski definition) is 1. The van der Waals surface area contributed by atoms with E-state index < -0.39 is 0 Å². The van der Waals surface area contributed by atoms with Gasteiger partial charge in [0.1, 0.15) is 0 Å². The minimum Gasteiger partial charge on any atom is -0.330 e. The molecule has 2 N–H and O–H groups in total. The highest BCUT2D eigenvalue weighted by Crippen LogP contribution is 2.40. The molecule has 0 aromatic heterocycles. The Morgan fingerprint density at radius 2 is 1.33 bits per heavy atom. The van der Waals surface area contributed by atoms with Crippen LogP contribution in [-0.2, 0) is 0 Å². The summed E-state index contributed by atoms with van der Waals surface area (Å²) in [4.78, 5) is 0. The maximum Gasteiger partial charge on any atom is -0.000346 e. The first-order chi connectivity index (χ1) is 8.86. The van der Waals surface area contributed by atoms with Crippen molar-refractivity contribution in [2.75, 3.05) is 6.54 Å². The molecule has 0 radical (unpaired) electrons. The molecule has 94 valence electrons. The molecule has 0 saturated carbocycles. The van der Waals surface area contributed by atoms with E-state index in [2.05, 4.69) is 67.6 Å². The molecule has 1 unspecified atom stereocenters. The van der Waals surface area contributed by atoms with E-state index >= 15 is 0 Å². The van der Waals surface area contributed by atoms with Gasteiger partial charge in [0.15, 0.2) is 0 Å². The van der Waals surface area contributed by atoms with Gasteiger partial charge in [0.05, 0.1) is 0 Å². The maximum absolute atomic E-state index is 5.98. The number of hydrogen-bond donors (Lipinski definition) is 1. The van der Waals surface area contributed by atoms with Gasteiger partial charge in [-0.3, -0.25) is 0 Å². The standard InChI is InChI=1S/C16H20NP/c1-2-14(13-17)18(15-9-5-3-6-10-15)16-11-7-4-8-12-16/h3-12,14H,2,13,17H2,1H3. The average Bonchev–Trinajstić information content (AvgIpc) is 2.46. The summed E-state index contributed by atoms with van der Waals surface area (Å²) in [5.74, 6) is 0. The maximum atomic E-state index is 5.98. The Kier molecular flexibility index (Phi) is 4.92. The predicted octanol–water partition coefficient (Wildman–Crippen LogP) is 2.86. The lowest BCUT2D eigenvalue weighted by atomic mass is 10.3. The molecule has 0 saturated heterocycles. The highest BCUT2D eigenvalue weighted by atomic mass is 31.1. The van der Waals surface area contributed by atoms with Crippen LogP contribution >= 0.6 is 7.92 Å². The number of rotatable bonds is 5. The Bertz CT molecular complexity index is 412. The lowest BCUT2D eigenvalue weighted by molar-refractivity contribution is 0.820. The Labute approximate surface area is 111 Å². The highest BCUT2D eigenvalue weighted by molar-refractivity contribution is 7.73. The van der Waals surface area contributed by atoms with Crippen molar-refractivity contribution in [1.82, 2.24) is 0 Å². The molecule has 1 nitrogen and oxygen atoms in total. The van der Waals surface area contributed by atoms with Crippen LogP contribution in [0.25, 0.3) is 0 Å². The minimum absolute atomic E-state index is 0.340. The molecule has 0 aliphatic heterocycles. The van der Waals surface area contributed by atoms with Gasteiger partial charge in [-0.2, -0.15) is 0 Å². The van der Waals surface area contributed by atoms with Crippen LogP contribution in [-0.4, -0.2) is 12.2 Å². The van der Waals surface area contributed by atoms with Crippen molar-refractivity contribution in [3.05, 3.63) is 60.7 Å². The molecule has 1 atom stereocenters. The lowest BCUT2D eigenvalue weighted by Crippen LogP contribution is -2.27. The normalized spacial score (nSPS) is 12.6. The quantitative estimate of drug-likeness (QED) is 0.819. The van der Waals surface area contributed by atoms with Gasteiger partial charge in [-0.1, -0.05) is 67.6 Å². The van der Waals surface area contributed by atoms with E-state index in [1.54, 1.807) is 0 Å². The van der Waals surface area contributed by atoms with Crippen molar-refractivity contribution < 1.29 is 0 Å². The van der Waals surface area contributed by atoms with E-state index in [4.69, 9.17) is 5.73 Å². The SMILES string of the molecule is CCC(CN)P(c1ccccc1)c1ccccc1. The summed E-state index contributed by atoms with van der Waals surface area (Å²) in [6.45, 7) is 2.99. The molecule has 0 bridgehead atoms. The van der Waals surface area contributed by atoms with Crippen LogP contribution in [0.4, 0.5) is 0 Å². The summed E-state index contributed by atoms with van der Waals surface area (Å²) < 4.78 is 0. The summed E-state index contributed by atoms with van der Waals surface area (Å²) in [5.41, 5.74) is 6.54. The summed E-state index contributed by atoms with van der Waals surface area (Å²) in [7, 11) is -0.340. The third-order valence-electron chi connectivity index (χ3n) is 3.18. The van der Waals surface area contributed by atoms with Crippen molar-refractivity contribution in [3.8, 4) is 0 Å². The molecule has 2 aromatic rings. The van der Waals surface area contributed by atoms with Crippen molar-refractivity contribution in [3.63, 3.8) is 0 Å². The first kappa shape index (κ1) is 13.3. The molecule has 0 aliphatic rings. The van der Waals surface area contributed by atoms with Crippen molar-refractivity contribution in [2.24, 2.45) is 5.73 Å². The van der Waals surface area contributed by atoms with Gasteiger partial charge >= 0.3 is 0 Å². The van der Waals surface area contributed by atoms with Gasteiger partial charge in [-0.15, -0.1) is 0 Å². The zero-order valence-electron chi connectivity index (χ0n) is 10.8. The smallest absolute Gasteiger partial charge is 0.000346 e. The average molecular weight is 257 g/mol. The lowest BCUT2D eigenvalue weighted by Gasteiger charge is -2.26. The molecular weight excluding hydrogens is 237 g/mol. The van der Waals surface area contributed by atoms with Crippen molar-refractivity contribution >= 4 is 18.5 Å². The van der Waals surface area contributed by atoms with Crippen molar-refractivity contribution in [2.45, 2.75) is 19.0 Å². The first-order valence-electron chi connectivity index (χ1n) is 6.46. The van der Waals surface area contributed by atoms with Crippen LogP contribution in [0, 0.1) is 0 Å². The van der Waals surface area contributed by atoms with Crippen LogP contribution in [0.5, 0.6) is 0 Å². The summed E-state index contributed by atoms with van der Waals surface area (Å²) in [6, 6.07) is 21.6. The molecule has 0 aliphatic carbocycles. The predicted molar refractivity (Wildman–Crippen MR) is 82.2 cm³/mol. The Morgan fingerprint density at radius 1 is 0.889 bits per heavy atom. The van der Waals surface area contributed by atoms with Gasteiger partial charge in [0.25, 0.3) is 0 Å². The molecule has 2 rings (SSSR count). The van der Waals surface area contributed by atoms with E-state index in [0.717, 1.165) is 13.0 Å². The molecular formula is C16H20NP. The summed E-state index contributed by atoms with van der Waals surface area (Å²) in [6.07, 6.45) is 1.13. The number of nitrogens with two attached hydrogens (primary N) is 1. The van der Waals surface area contributed by atoms with E-state index in [0.29, 0.717) is 5.66 Å². The molecule has 0 heterocycles. The third-order valence-corrected chi connectivity index (χ3v) is 6.19. The van der Waals surface area contributed by atoms with E-state index in [1.807, 2.05) is 0 Å². The van der Waals surface area contributed by atoms with Gasteiger partial charge in [0.2, 0.25) is 0 Å². The van der Waals surface area contributed by atoms with Crippen LogP contribution in [0.2, 0.25) is 0 Å². The monoisotopic (exact) mass is 257 g/mol. The van der Waals surface area contributed by atoms with Crippen LogP contribution < -0.4 is 16.3 Å². The van der Waals surface area contributed by atoms with E-state index in [9.17, 15) is 0 Å². The minimum atomic E-state index is -0.340. The van der Waals surface area contributed by atoms with Crippen LogP contribution in [0.15, 0.2) is 60.7 Å². The largest absolute Gasteiger partial charge is 0.330 e. The zero-order valence-corrected chi connectivity index (χ0v) is 11.7. The number of benzene rings is 2. The van der Waals surface area contributed by atoms with Gasteiger partial charge in [-0.25, -0.2) is 0 Å². The molecule has 0 spiro atoms. The van der Waals surface area contributed by atoms with Gasteiger partial charge in [-0.05, 0) is 37.2 Å². The zero-order chi connectivity index (χ0) is 12.8. The Balaban J connectivity index is 2.41. The Hall–Kier alpha value is -1.17. The molecule has 18 heavy (non-hydrogen) atoms. The van der Waals surface area contributed by atoms with E-state index in [1.165, 1.54) is 10.6 Å². The second-order valence-corrected chi connectivity index (χ2v) is 6.84. The Morgan fingerprint density at radius 3 is 1.67 bits per heavy atom. The molecule has 0 fully saturated rings. The van der Waals surface area contributed by atoms with Crippen molar-refractivity contribution in [1.29, 1.82) is 0 Å². The first-order valence-corrected chi connectivity index (χ1v) is 7.87. The fourth-order valence-electron chi connectivity index (χ4n) is 2.20. The highest BCUT2D eigenvalue weighted by Gasteiger charge is 2.21.